The molecular weight excluding hydrogens is 394 g/mol. The Kier molecular flexibility index (Phi) is 6.53. The number of halogens is 1. The van der Waals surface area contributed by atoms with Crippen molar-refractivity contribution in [1.29, 1.82) is 0 Å². The fourth-order valence-corrected chi connectivity index (χ4v) is 3.03. The summed E-state index contributed by atoms with van der Waals surface area (Å²) >= 11 is 5.65. The van der Waals surface area contributed by atoms with Crippen LogP contribution >= 0.6 is 11.6 Å². The van der Waals surface area contributed by atoms with Gasteiger partial charge in [-0.05, 0) is 37.3 Å². The van der Waals surface area contributed by atoms with Crippen LogP contribution < -0.4 is 5.32 Å². The van der Waals surface area contributed by atoms with Crippen LogP contribution in [0.3, 0.4) is 0 Å². The van der Waals surface area contributed by atoms with Gasteiger partial charge in [0.25, 0.3) is 5.91 Å². The molecule has 1 aromatic heterocycles. The number of rotatable bonds is 6. The highest BCUT2D eigenvalue weighted by molar-refractivity contribution is 7.89. The SMILES string of the molecule is C[C@@H](OC(=O)c1ccc(Cl)nc1)C(=O)Nc1cccc(S(=O)(=O)N(C)C)c1. The molecule has 0 bridgehead atoms. The van der Waals surface area contributed by atoms with Gasteiger partial charge in [0, 0.05) is 26.0 Å². The predicted molar refractivity (Wildman–Crippen MR) is 100 cm³/mol. The van der Waals surface area contributed by atoms with E-state index in [0.717, 1.165) is 4.31 Å². The predicted octanol–water partition coefficient (Wildman–Crippen LogP) is 2.17. The van der Waals surface area contributed by atoms with Gasteiger partial charge in [-0.1, -0.05) is 17.7 Å². The van der Waals surface area contributed by atoms with E-state index in [9.17, 15) is 18.0 Å². The molecule has 1 amide bonds. The highest BCUT2D eigenvalue weighted by Gasteiger charge is 2.21. The Morgan fingerprint density at radius 2 is 1.93 bits per heavy atom. The third-order valence-electron chi connectivity index (χ3n) is 3.50. The molecule has 27 heavy (non-hydrogen) atoms. The van der Waals surface area contributed by atoms with E-state index in [-0.39, 0.29) is 21.3 Å². The second kappa shape index (κ2) is 8.47. The Balaban J connectivity index is 2.06. The molecule has 2 aromatic rings. The zero-order chi connectivity index (χ0) is 20.2. The van der Waals surface area contributed by atoms with Crippen molar-refractivity contribution in [1.82, 2.24) is 9.29 Å². The summed E-state index contributed by atoms with van der Waals surface area (Å²) in [6, 6.07) is 8.64. The van der Waals surface area contributed by atoms with Crippen molar-refractivity contribution in [2.75, 3.05) is 19.4 Å². The fraction of sp³-hybridized carbons (Fsp3) is 0.235. The first-order valence-electron chi connectivity index (χ1n) is 7.77. The topological polar surface area (TPSA) is 106 Å². The lowest BCUT2D eigenvalue weighted by Gasteiger charge is -2.15. The van der Waals surface area contributed by atoms with Crippen molar-refractivity contribution < 1.29 is 22.7 Å². The quantitative estimate of drug-likeness (QED) is 0.576. The smallest absolute Gasteiger partial charge is 0.340 e. The molecule has 10 heteroatoms. The van der Waals surface area contributed by atoms with Crippen LogP contribution in [0.5, 0.6) is 0 Å². The molecule has 0 unspecified atom stereocenters. The molecule has 0 spiro atoms. The molecule has 1 atom stereocenters. The van der Waals surface area contributed by atoms with Crippen LogP contribution in [0.4, 0.5) is 5.69 Å². The molecular formula is C17H18ClN3O5S. The first-order valence-corrected chi connectivity index (χ1v) is 9.59. The number of hydrogen-bond donors (Lipinski definition) is 1. The number of esters is 1. The minimum absolute atomic E-state index is 0.0298. The number of carbonyl (C=O) groups excluding carboxylic acids is 2. The third-order valence-corrected chi connectivity index (χ3v) is 5.53. The Hall–Kier alpha value is -2.49. The molecule has 1 heterocycles. The largest absolute Gasteiger partial charge is 0.449 e. The van der Waals surface area contributed by atoms with Crippen LogP contribution in [0.2, 0.25) is 5.15 Å². The molecule has 0 radical (unpaired) electrons. The maximum absolute atomic E-state index is 12.2. The van der Waals surface area contributed by atoms with E-state index in [1.165, 1.54) is 63.6 Å². The van der Waals surface area contributed by atoms with Crippen LogP contribution in [-0.4, -0.2) is 49.8 Å². The van der Waals surface area contributed by atoms with Crippen LogP contribution in [0.15, 0.2) is 47.5 Å². The Bertz CT molecular complexity index is 945. The summed E-state index contributed by atoms with van der Waals surface area (Å²) in [5.74, 6) is -1.34. The minimum Gasteiger partial charge on any atom is -0.449 e. The number of aromatic nitrogens is 1. The molecule has 1 aromatic carbocycles. The van der Waals surface area contributed by atoms with Crippen LogP contribution in [0.25, 0.3) is 0 Å². The van der Waals surface area contributed by atoms with Gasteiger partial charge >= 0.3 is 5.97 Å². The number of carbonyl (C=O) groups is 2. The molecule has 0 aliphatic carbocycles. The zero-order valence-corrected chi connectivity index (χ0v) is 16.4. The van der Waals surface area contributed by atoms with Gasteiger partial charge in [0.1, 0.15) is 5.15 Å². The Labute approximate surface area is 162 Å². The van der Waals surface area contributed by atoms with Crippen molar-refractivity contribution in [2.24, 2.45) is 0 Å². The number of anilines is 1. The van der Waals surface area contributed by atoms with Crippen molar-refractivity contribution in [3.05, 3.63) is 53.3 Å². The number of benzene rings is 1. The van der Waals surface area contributed by atoms with Gasteiger partial charge in [-0.3, -0.25) is 4.79 Å². The van der Waals surface area contributed by atoms with Gasteiger partial charge in [0.05, 0.1) is 10.5 Å². The average molecular weight is 412 g/mol. The average Bonchev–Trinajstić information content (AvgIpc) is 2.62. The van der Waals surface area contributed by atoms with Crippen molar-refractivity contribution in [2.45, 2.75) is 17.9 Å². The van der Waals surface area contributed by atoms with Gasteiger partial charge in [0.15, 0.2) is 6.10 Å². The molecule has 8 nitrogen and oxygen atoms in total. The minimum atomic E-state index is -3.64. The molecule has 0 aliphatic heterocycles. The standard InChI is InChI=1S/C17H18ClN3O5S/c1-11(26-17(23)12-7-8-15(18)19-10-12)16(22)20-13-5-4-6-14(9-13)27(24,25)21(2)3/h4-11H,1-3H3,(H,20,22)/t11-/m1/s1. The summed E-state index contributed by atoms with van der Waals surface area (Å²) in [6.45, 7) is 1.40. The van der Waals surface area contributed by atoms with Crippen molar-refractivity contribution in [3.8, 4) is 0 Å². The molecule has 144 valence electrons. The third kappa shape index (κ3) is 5.25. The number of hydrogen-bond acceptors (Lipinski definition) is 6. The van der Waals surface area contributed by atoms with Crippen LogP contribution in [0, 0.1) is 0 Å². The summed E-state index contributed by atoms with van der Waals surface area (Å²) < 4.78 is 30.5. The summed E-state index contributed by atoms with van der Waals surface area (Å²) in [5.41, 5.74) is 0.414. The molecule has 0 fully saturated rings. The lowest BCUT2D eigenvalue weighted by molar-refractivity contribution is -0.123. The van der Waals surface area contributed by atoms with E-state index in [1.54, 1.807) is 0 Å². The van der Waals surface area contributed by atoms with Gasteiger partial charge in [-0.15, -0.1) is 0 Å². The molecule has 0 saturated carbocycles. The number of pyridine rings is 1. The second-order valence-corrected chi connectivity index (χ2v) is 8.26. The van der Waals surface area contributed by atoms with E-state index in [4.69, 9.17) is 16.3 Å². The highest BCUT2D eigenvalue weighted by atomic mass is 35.5. The number of nitrogens with one attached hydrogen (secondary N) is 1. The monoisotopic (exact) mass is 411 g/mol. The first-order chi connectivity index (χ1) is 12.6. The summed E-state index contributed by atoms with van der Waals surface area (Å²) in [7, 11) is -0.814. The number of amides is 1. The van der Waals surface area contributed by atoms with E-state index in [2.05, 4.69) is 10.3 Å². The summed E-state index contributed by atoms with van der Waals surface area (Å²) in [4.78, 5) is 28.1. The molecule has 0 aliphatic rings. The first kappa shape index (κ1) is 20.8. The van der Waals surface area contributed by atoms with Gasteiger partial charge < -0.3 is 10.1 Å². The van der Waals surface area contributed by atoms with Crippen molar-refractivity contribution >= 4 is 39.2 Å². The Morgan fingerprint density at radius 3 is 2.52 bits per heavy atom. The van der Waals surface area contributed by atoms with E-state index in [0.29, 0.717) is 0 Å². The number of ether oxygens (including phenoxy) is 1. The van der Waals surface area contributed by atoms with E-state index >= 15 is 0 Å². The van der Waals surface area contributed by atoms with E-state index < -0.39 is 28.0 Å². The zero-order valence-electron chi connectivity index (χ0n) is 14.8. The highest BCUT2D eigenvalue weighted by Crippen LogP contribution is 2.18. The fourth-order valence-electron chi connectivity index (χ4n) is 1.97. The summed E-state index contributed by atoms with van der Waals surface area (Å²) in [5, 5.41) is 2.75. The molecule has 0 saturated heterocycles. The normalized spacial score (nSPS) is 12.5. The summed E-state index contributed by atoms with van der Waals surface area (Å²) in [6.07, 6.45) is 0.132. The maximum Gasteiger partial charge on any atom is 0.340 e. The van der Waals surface area contributed by atoms with Crippen LogP contribution in [-0.2, 0) is 19.6 Å². The Morgan fingerprint density at radius 1 is 1.22 bits per heavy atom. The number of sulfonamides is 1. The molecule has 1 N–H and O–H groups in total. The maximum atomic E-state index is 12.2. The number of nitrogens with zero attached hydrogens (tertiary/aromatic N) is 2. The van der Waals surface area contributed by atoms with Gasteiger partial charge in [0.2, 0.25) is 10.0 Å². The van der Waals surface area contributed by atoms with Gasteiger partial charge in [-0.2, -0.15) is 0 Å². The van der Waals surface area contributed by atoms with Crippen LogP contribution in [0.1, 0.15) is 17.3 Å². The van der Waals surface area contributed by atoms with Crippen molar-refractivity contribution in [3.63, 3.8) is 0 Å². The lowest BCUT2D eigenvalue weighted by Crippen LogP contribution is -2.30. The van der Waals surface area contributed by atoms with Gasteiger partial charge in [-0.25, -0.2) is 22.5 Å². The second-order valence-electron chi connectivity index (χ2n) is 5.72. The molecule has 2 rings (SSSR count). The lowest BCUT2D eigenvalue weighted by atomic mass is 10.2. The van der Waals surface area contributed by atoms with E-state index in [1.807, 2.05) is 0 Å².